The molecule has 1 N–H and O–H groups in total. The third-order valence-electron chi connectivity index (χ3n) is 2.99. The van der Waals surface area contributed by atoms with Crippen molar-refractivity contribution < 1.29 is 9.90 Å². The number of anilines is 1. The number of amides is 1. The van der Waals surface area contributed by atoms with Crippen molar-refractivity contribution in [3.63, 3.8) is 0 Å². The Kier molecular flexibility index (Phi) is 3.50. The molecule has 1 atom stereocenters. The van der Waals surface area contributed by atoms with E-state index in [1.165, 1.54) is 0 Å². The number of hydrogen-bond acceptors (Lipinski definition) is 2. The first-order chi connectivity index (χ1) is 8.15. The van der Waals surface area contributed by atoms with Crippen molar-refractivity contribution in [3.05, 3.63) is 41.4 Å². The summed E-state index contributed by atoms with van der Waals surface area (Å²) in [5.41, 5.74) is 1.42. The van der Waals surface area contributed by atoms with Gasteiger partial charge in [0.25, 0.3) is 0 Å². The van der Waals surface area contributed by atoms with Crippen molar-refractivity contribution in [1.29, 1.82) is 0 Å². The molecule has 0 aromatic heterocycles. The average molecular weight is 252 g/mol. The molecule has 0 radical (unpaired) electrons. The van der Waals surface area contributed by atoms with E-state index in [1.807, 2.05) is 0 Å². The number of aliphatic hydroxyl groups excluding tert-OH is 1. The molecule has 1 heterocycles. The van der Waals surface area contributed by atoms with E-state index in [2.05, 4.69) is 6.58 Å². The number of nitrogens with zero attached hydrogens (tertiary/aromatic N) is 1. The molecule has 0 saturated carbocycles. The molecule has 1 aliphatic heterocycles. The van der Waals surface area contributed by atoms with Gasteiger partial charge in [-0.05, 0) is 18.2 Å². The summed E-state index contributed by atoms with van der Waals surface area (Å²) >= 11 is 5.86. The normalized spacial score (nSPS) is 19.8. The van der Waals surface area contributed by atoms with Gasteiger partial charge in [-0.15, -0.1) is 6.58 Å². The molecule has 2 rings (SSSR count). The maximum absolute atomic E-state index is 11.9. The minimum atomic E-state index is -0.127. The number of carbonyl (C=O) groups is 1. The Bertz CT molecular complexity index is 459. The lowest BCUT2D eigenvalue weighted by Crippen LogP contribution is -2.25. The standard InChI is InChI=1S/C13H14ClNO2/c1-2-9-5-13(17)15(7-9)12-4-3-11(14)6-10(12)8-16/h2-4,6,9,16H,1,5,7-8H2. The van der Waals surface area contributed by atoms with E-state index in [-0.39, 0.29) is 18.4 Å². The van der Waals surface area contributed by atoms with E-state index in [0.29, 0.717) is 23.6 Å². The van der Waals surface area contributed by atoms with Gasteiger partial charge in [0.2, 0.25) is 5.91 Å². The summed E-state index contributed by atoms with van der Waals surface area (Å²) in [6.45, 7) is 4.21. The summed E-state index contributed by atoms with van der Waals surface area (Å²) in [5, 5.41) is 9.86. The fraction of sp³-hybridized carbons (Fsp3) is 0.308. The smallest absolute Gasteiger partial charge is 0.227 e. The van der Waals surface area contributed by atoms with Crippen LogP contribution in [-0.2, 0) is 11.4 Å². The molecule has 1 amide bonds. The molecule has 4 heteroatoms. The van der Waals surface area contributed by atoms with Crippen molar-refractivity contribution in [1.82, 2.24) is 0 Å². The van der Waals surface area contributed by atoms with Gasteiger partial charge in [-0.1, -0.05) is 17.7 Å². The zero-order valence-electron chi connectivity index (χ0n) is 9.40. The Morgan fingerprint density at radius 1 is 1.59 bits per heavy atom. The van der Waals surface area contributed by atoms with Gasteiger partial charge in [0.1, 0.15) is 0 Å². The second-order valence-corrected chi connectivity index (χ2v) is 4.57. The molecule has 0 spiro atoms. The molecule has 1 saturated heterocycles. The first kappa shape index (κ1) is 12.1. The maximum Gasteiger partial charge on any atom is 0.227 e. The summed E-state index contributed by atoms with van der Waals surface area (Å²) in [7, 11) is 0. The third kappa shape index (κ3) is 2.35. The number of carbonyl (C=O) groups excluding carboxylic acids is 1. The molecular weight excluding hydrogens is 238 g/mol. The van der Waals surface area contributed by atoms with Gasteiger partial charge in [0, 0.05) is 35.2 Å². The summed E-state index contributed by atoms with van der Waals surface area (Å²) in [6, 6.07) is 5.19. The first-order valence-electron chi connectivity index (χ1n) is 5.48. The molecule has 17 heavy (non-hydrogen) atoms. The molecule has 0 bridgehead atoms. The molecule has 1 unspecified atom stereocenters. The molecule has 90 valence electrons. The van der Waals surface area contributed by atoms with E-state index < -0.39 is 0 Å². The summed E-state index contributed by atoms with van der Waals surface area (Å²) in [5.74, 6) is 0.247. The fourth-order valence-corrected chi connectivity index (χ4v) is 2.26. The van der Waals surface area contributed by atoms with E-state index in [0.717, 1.165) is 5.69 Å². The zero-order chi connectivity index (χ0) is 12.4. The van der Waals surface area contributed by atoms with Crippen LogP contribution in [0.2, 0.25) is 5.02 Å². The largest absolute Gasteiger partial charge is 0.392 e. The van der Waals surface area contributed by atoms with Crippen LogP contribution in [0, 0.1) is 5.92 Å². The van der Waals surface area contributed by atoms with Gasteiger partial charge < -0.3 is 10.0 Å². The fourth-order valence-electron chi connectivity index (χ4n) is 2.07. The second kappa shape index (κ2) is 4.90. The highest BCUT2D eigenvalue weighted by molar-refractivity contribution is 6.30. The Morgan fingerprint density at radius 3 is 2.94 bits per heavy atom. The van der Waals surface area contributed by atoms with Crippen LogP contribution < -0.4 is 4.90 Å². The van der Waals surface area contributed by atoms with Crippen LogP contribution in [0.3, 0.4) is 0 Å². The highest BCUT2D eigenvalue weighted by Crippen LogP contribution is 2.30. The number of rotatable bonds is 3. The van der Waals surface area contributed by atoms with Crippen LogP contribution in [0.15, 0.2) is 30.9 Å². The first-order valence-corrected chi connectivity index (χ1v) is 5.85. The van der Waals surface area contributed by atoms with E-state index in [4.69, 9.17) is 11.6 Å². The predicted molar refractivity (Wildman–Crippen MR) is 68.0 cm³/mol. The molecule has 1 aromatic rings. The van der Waals surface area contributed by atoms with Gasteiger partial charge in [0.05, 0.1) is 6.61 Å². The second-order valence-electron chi connectivity index (χ2n) is 4.14. The van der Waals surface area contributed by atoms with E-state index in [9.17, 15) is 9.90 Å². The SMILES string of the molecule is C=CC1CC(=O)N(c2ccc(Cl)cc2CO)C1. The van der Waals surface area contributed by atoms with Crippen LogP contribution in [-0.4, -0.2) is 17.6 Å². The van der Waals surface area contributed by atoms with E-state index in [1.54, 1.807) is 29.2 Å². The van der Waals surface area contributed by atoms with Crippen molar-refractivity contribution >= 4 is 23.2 Å². The lowest BCUT2D eigenvalue weighted by atomic mass is 10.1. The average Bonchev–Trinajstić information content (AvgIpc) is 2.70. The topological polar surface area (TPSA) is 40.5 Å². The van der Waals surface area contributed by atoms with Crippen LogP contribution in [0.25, 0.3) is 0 Å². The Balaban J connectivity index is 2.34. The lowest BCUT2D eigenvalue weighted by Gasteiger charge is -2.19. The van der Waals surface area contributed by atoms with Gasteiger partial charge in [0.15, 0.2) is 0 Å². The van der Waals surface area contributed by atoms with Crippen LogP contribution in [0.4, 0.5) is 5.69 Å². The van der Waals surface area contributed by atoms with Crippen molar-refractivity contribution in [3.8, 4) is 0 Å². The molecule has 0 aliphatic carbocycles. The number of hydrogen-bond donors (Lipinski definition) is 1. The van der Waals surface area contributed by atoms with Gasteiger partial charge in [-0.2, -0.15) is 0 Å². The highest BCUT2D eigenvalue weighted by atomic mass is 35.5. The molecule has 1 aromatic carbocycles. The van der Waals surface area contributed by atoms with Gasteiger partial charge >= 0.3 is 0 Å². The summed E-state index contributed by atoms with van der Waals surface area (Å²) in [6.07, 6.45) is 2.28. The Morgan fingerprint density at radius 2 is 2.35 bits per heavy atom. The monoisotopic (exact) mass is 251 g/mol. The van der Waals surface area contributed by atoms with Crippen molar-refractivity contribution in [2.75, 3.05) is 11.4 Å². The quantitative estimate of drug-likeness (QED) is 0.838. The van der Waals surface area contributed by atoms with Gasteiger partial charge in [-0.3, -0.25) is 4.79 Å². The van der Waals surface area contributed by atoms with E-state index >= 15 is 0 Å². The molecule has 3 nitrogen and oxygen atoms in total. The zero-order valence-corrected chi connectivity index (χ0v) is 10.2. The summed E-state index contributed by atoms with van der Waals surface area (Å²) in [4.78, 5) is 13.5. The predicted octanol–water partition coefficient (Wildman–Crippen LogP) is 2.37. The van der Waals surface area contributed by atoms with Crippen molar-refractivity contribution in [2.45, 2.75) is 13.0 Å². The molecule has 1 fully saturated rings. The third-order valence-corrected chi connectivity index (χ3v) is 3.23. The van der Waals surface area contributed by atoms with Crippen molar-refractivity contribution in [2.24, 2.45) is 5.92 Å². The van der Waals surface area contributed by atoms with Crippen LogP contribution >= 0.6 is 11.6 Å². The number of aliphatic hydroxyl groups is 1. The maximum atomic E-state index is 11.9. The number of benzene rings is 1. The minimum absolute atomic E-state index is 0.0620. The summed E-state index contributed by atoms with van der Waals surface area (Å²) < 4.78 is 0. The Hall–Kier alpha value is -1.32. The Labute approximate surface area is 105 Å². The molecular formula is C13H14ClNO2. The number of halogens is 1. The van der Waals surface area contributed by atoms with Gasteiger partial charge in [-0.25, -0.2) is 0 Å². The van der Waals surface area contributed by atoms with Crippen LogP contribution in [0.1, 0.15) is 12.0 Å². The highest BCUT2D eigenvalue weighted by Gasteiger charge is 2.29. The molecule has 1 aliphatic rings. The minimum Gasteiger partial charge on any atom is -0.392 e. The van der Waals surface area contributed by atoms with Crippen LogP contribution in [0.5, 0.6) is 0 Å². The lowest BCUT2D eigenvalue weighted by molar-refractivity contribution is -0.117.